The van der Waals surface area contributed by atoms with Crippen LogP contribution in [0.15, 0.2) is 42.5 Å². The van der Waals surface area contributed by atoms with Gasteiger partial charge in [-0.15, -0.1) is 0 Å². The van der Waals surface area contributed by atoms with Crippen molar-refractivity contribution < 1.29 is 55.6 Å². The number of benzene rings is 2. The Balaban J connectivity index is 0.000000638. The maximum atomic E-state index is 13.3. The summed E-state index contributed by atoms with van der Waals surface area (Å²) in [6.45, 7) is 0.219. The van der Waals surface area contributed by atoms with Gasteiger partial charge in [-0.2, -0.15) is 26.3 Å². The Hall–Kier alpha value is -3.52. The van der Waals surface area contributed by atoms with Crippen LogP contribution < -0.4 is 20.5 Å². The number of ether oxygens (including phenoxy) is 2. The molecule has 0 saturated heterocycles. The van der Waals surface area contributed by atoms with Crippen molar-refractivity contribution in [1.82, 2.24) is 5.32 Å². The lowest BCUT2D eigenvalue weighted by Gasteiger charge is -2.34. The van der Waals surface area contributed by atoms with Gasteiger partial charge >= 0.3 is 18.3 Å². The molecular formula is C24H26F6N2O6. The number of halogens is 6. The Morgan fingerprint density at radius 3 is 2.03 bits per heavy atom. The van der Waals surface area contributed by atoms with E-state index in [2.05, 4.69) is 5.32 Å². The molecule has 1 saturated carbocycles. The Bertz CT molecular complexity index is 1100. The molecule has 5 N–H and O–H groups in total. The number of methoxy groups -OCH3 is 1. The molecule has 0 aliphatic heterocycles. The fraction of sp³-hybridized carbons (Fsp3) is 0.417. The number of alkyl halides is 6. The Kier molecular flexibility index (Phi) is 9.98. The third-order valence-corrected chi connectivity index (χ3v) is 5.64. The number of carbonyl (C=O) groups excluding carboxylic acids is 1. The highest BCUT2D eigenvalue weighted by Gasteiger charge is 2.39. The first kappa shape index (κ1) is 30.7. The van der Waals surface area contributed by atoms with Gasteiger partial charge in [-0.1, -0.05) is 12.1 Å². The molecule has 0 aromatic heterocycles. The number of rotatable bonds is 6. The average Bonchev–Trinajstić information content (AvgIpc) is 2.84. The molecule has 38 heavy (non-hydrogen) atoms. The summed E-state index contributed by atoms with van der Waals surface area (Å²) in [4.78, 5) is 21.3. The van der Waals surface area contributed by atoms with Gasteiger partial charge in [0.1, 0.15) is 22.8 Å². The van der Waals surface area contributed by atoms with Crippen molar-refractivity contribution in [3.8, 4) is 17.2 Å². The van der Waals surface area contributed by atoms with E-state index >= 15 is 0 Å². The molecule has 14 heteroatoms. The second-order valence-corrected chi connectivity index (χ2v) is 8.48. The number of nitrogens with two attached hydrogens (primary N) is 1. The molecule has 1 amide bonds. The molecule has 0 bridgehead atoms. The van der Waals surface area contributed by atoms with Crippen LogP contribution in [0.25, 0.3) is 0 Å². The summed E-state index contributed by atoms with van der Waals surface area (Å²) < 4.78 is 82.0. The van der Waals surface area contributed by atoms with Crippen LogP contribution in [0.3, 0.4) is 0 Å². The van der Waals surface area contributed by atoms with Gasteiger partial charge in [0.05, 0.1) is 18.8 Å². The van der Waals surface area contributed by atoms with Gasteiger partial charge in [0.15, 0.2) is 0 Å². The normalized spacial score (nSPS) is 19.6. The number of aliphatic hydroxyl groups excluding tert-OH is 1. The molecule has 1 aliphatic rings. The lowest BCUT2D eigenvalue weighted by molar-refractivity contribution is -0.192. The van der Waals surface area contributed by atoms with E-state index in [1.165, 1.54) is 31.4 Å². The number of hydrogen-bond donors (Lipinski definition) is 4. The van der Waals surface area contributed by atoms with Gasteiger partial charge in [0.2, 0.25) is 5.91 Å². The van der Waals surface area contributed by atoms with Crippen LogP contribution in [-0.2, 0) is 22.3 Å². The first-order valence-corrected chi connectivity index (χ1v) is 11.1. The molecule has 0 atom stereocenters. The zero-order chi connectivity index (χ0) is 28.7. The highest BCUT2D eigenvalue weighted by molar-refractivity contribution is 5.86. The number of carbonyl (C=O) groups is 2. The third-order valence-electron chi connectivity index (χ3n) is 5.64. The molecule has 2 aromatic rings. The van der Waals surface area contributed by atoms with Gasteiger partial charge in [-0.05, 0) is 61.6 Å². The second-order valence-electron chi connectivity index (χ2n) is 8.48. The molecular weight excluding hydrogens is 526 g/mol. The first-order valence-electron chi connectivity index (χ1n) is 11.1. The predicted octanol–water partition coefficient (Wildman–Crippen LogP) is 4.39. The summed E-state index contributed by atoms with van der Waals surface area (Å²) in [6, 6.07) is 9.84. The van der Waals surface area contributed by atoms with E-state index < -0.39 is 35.5 Å². The van der Waals surface area contributed by atoms with Crippen LogP contribution in [0.4, 0.5) is 26.3 Å². The van der Waals surface area contributed by atoms with E-state index in [4.69, 9.17) is 25.1 Å². The number of nitrogens with one attached hydrogen (secondary N) is 1. The topological polar surface area (TPSA) is 131 Å². The smallest absolute Gasteiger partial charge is 0.490 e. The molecule has 0 unspecified atom stereocenters. The van der Waals surface area contributed by atoms with Crippen molar-refractivity contribution in [2.75, 3.05) is 7.11 Å². The monoisotopic (exact) mass is 552 g/mol. The van der Waals surface area contributed by atoms with Gasteiger partial charge in [-0.3, -0.25) is 4.79 Å². The first-order chi connectivity index (χ1) is 17.5. The minimum absolute atomic E-state index is 0.0796. The highest BCUT2D eigenvalue weighted by Crippen LogP contribution is 2.40. The molecule has 2 aromatic carbocycles. The van der Waals surface area contributed by atoms with Crippen LogP contribution in [0.5, 0.6) is 17.2 Å². The maximum Gasteiger partial charge on any atom is 0.490 e. The average molecular weight is 552 g/mol. The van der Waals surface area contributed by atoms with Gasteiger partial charge in [0.25, 0.3) is 0 Å². The van der Waals surface area contributed by atoms with Gasteiger partial charge in [-0.25, -0.2) is 4.79 Å². The molecule has 0 heterocycles. The van der Waals surface area contributed by atoms with Crippen molar-refractivity contribution in [3.63, 3.8) is 0 Å². The van der Waals surface area contributed by atoms with Gasteiger partial charge < -0.3 is 30.7 Å². The fourth-order valence-corrected chi connectivity index (χ4v) is 3.45. The van der Waals surface area contributed by atoms with E-state index in [1.54, 1.807) is 12.1 Å². The summed E-state index contributed by atoms with van der Waals surface area (Å²) in [5.74, 6) is -3.07. The summed E-state index contributed by atoms with van der Waals surface area (Å²) in [7, 11) is 1.29. The van der Waals surface area contributed by atoms with Crippen LogP contribution in [0.2, 0.25) is 0 Å². The number of amides is 1. The number of hydrogen-bond acceptors (Lipinski definition) is 6. The minimum atomic E-state index is -5.08. The van der Waals surface area contributed by atoms with Crippen molar-refractivity contribution >= 4 is 11.9 Å². The highest BCUT2D eigenvalue weighted by atomic mass is 19.4. The van der Waals surface area contributed by atoms with Crippen LogP contribution in [0, 0.1) is 0 Å². The molecule has 0 spiro atoms. The van der Waals surface area contributed by atoms with Crippen LogP contribution in [0.1, 0.15) is 36.8 Å². The molecule has 1 aliphatic carbocycles. The van der Waals surface area contributed by atoms with E-state index in [0.29, 0.717) is 25.7 Å². The summed E-state index contributed by atoms with van der Waals surface area (Å²) in [5.41, 5.74) is 4.98. The van der Waals surface area contributed by atoms with Crippen molar-refractivity contribution in [3.05, 3.63) is 53.6 Å². The SMILES string of the molecule is COc1ccc(Oc2ccc(CNC(=O)C3(N)CCC(O)CC3)cc2)c(C(F)(F)F)c1.O=C(O)C(F)(F)F. The van der Waals surface area contributed by atoms with Crippen molar-refractivity contribution in [1.29, 1.82) is 0 Å². The fourth-order valence-electron chi connectivity index (χ4n) is 3.45. The second kappa shape index (κ2) is 12.3. The standard InChI is InChI=1S/C22H25F3N2O4.C2HF3O2/c1-30-17-6-7-19(18(12-17)22(23,24)25)31-16-4-2-14(3-5-16)13-27-20(29)21(26)10-8-15(28)9-11-21;3-2(4,5)1(6)7/h2-7,12,15,28H,8-11,13,26H2,1H3,(H,27,29);(H,6,7). The molecule has 210 valence electrons. The van der Waals surface area contributed by atoms with E-state index in [0.717, 1.165) is 11.6 Å². The largest absolute Gasteiger partial charge is 0.497 e. The van der Waals surface area contributed by atoms with Crippen molar-refractivity contribution in [2.24, 2.45) is 5.73 Å². The molecule has 3 rings (SSSR count). The Morgan fingerprint density at radius 2 is 1.55 bits per heavy atom. The van der Waals surface area contributed by atoms with Gasteiger partial charge in [0, 0.05) is 6.54 Å². The van der Waals surface area contributed by atoms with E-state index in [1.807, 2.05) is 0 Å². The zero-order valence-corrected chi connectivity index (χ0v) is 20.0. The Labute approximate surface area is 213 Å². The number of aliphatic carboxylic acids is 1. The Morgan fingerprint density at radius 1 is 1.03 bits per heavy atom. The lowest BCUT2D eigenvalue weighted by Crippen LogP contribution is -2.56. The summed E-state index contributed by atoms with van der Waals surface area (Å²) >= 11 is 0. The summed E-state index contributed by atoms with van der Waals surface area (Å²) in [6.07, 6.45) is -8.29. The van der Waals surface area contributed by atoms with Crippen molar-refractivity contribution in [2.45, 2.75) is 56.2 Å². The number of carboxylic acids is 1. The molecule has 8 nitrogen and oxygen atoms in total. The third kappa shape index (κ3) is 8.80. The lowest BCUT2D eigenvalue weighted by atomic mass is 9.80. The summed E-state index contributed by atoms with van der Waals surface area (Å²) in [5, 5.41) is 19.5. The number of aliphatic hydroxyl groups is 1. The molecule has 0 radical (unpaired) electrons. The van der Waals surface area contributed by atoms with Crippen LogP contribution in [-0.4, -0.2) is 47.0 Å². The molecule has 1 fully saturated rings. The van der Waals surface area contributed by atoms with Crippen LogP contribution >= 0.6 is 0 Å². The van der Waals surface area contributed by atoms with E-state index in [-0.39, 0.29) is 29.7 Å². The quantitative estimate of drug-likeness (QED) is 0.391. The van der Waals surface area contributed by atoms with E-state index in [9.17, 15) is 36.2 Å². The zero-order valence-electron chi connectivity index (χ0n) is 20.0. The maximum absolute atomic E-state index is 13.3. The predicted molar refractivity (Wildman–Crippen MR) is 121 cm³/mol. The number of carboxylic acid groups (broad SMARTS) is 1. The minimum Gasteiger partial charge on any atom is -0.497 e.